The van der Waals surface area contributed by atoms with E-state index < -0.39 is 0 Å². The SMILES string of the molecule is CC1CCCCC2C(=O)N(C(C)C)CCC2C(C)(C(C)N)C1. The van der Waals surface area contributed by atoms with Gasteiger partial charge in [-0.05, 0) is 57.3 Å². The van der Waals surface area contributed by atoms with Gasteiger partial charge in [0.05, 0.1) is 0 Å². The Morgan fingerprint density at radius 1 is 1.18 bits per heavy atom. The molecule has 1 aliphatic carbocycles. The van der Waals surface area contributed by atoms with Crippen molar-refractivity contribution in [3.63, 3.8) is 0 Å². The van der Waals surface area contributed by atoms with E-state index in [2.05, 4.69) is 39.5 Å². The minimum Gasteiger partial charge on any atom is -0.340 e. The third-order valence-corrected chi connectivity index (χ3v) is 6.53. The van der Waals surface area contributed by atoms with Gasteiger partial charge in [-0.25, -0.2) is 0 Å². The summed E-state index contributed by atoms with van der Waals surface area (Å²) >= 11 is 0. The Labute approximate surface area is 137 Å². The maximum Gasteiger partial charge on any atom is 0.226 e. The summed E-state index contributed by atoms with van der Waals surface area (Å²) in [5.74, 6) is 1.76. The minimum absolute atomic E-state index is 0.0904. The second-order valence-corrected chi connectivity index (χ2v) is 8.52. The van der Waals surface area contributed by atoms with E-state index in [1.807, 2.05) is 0 Å². The number of nitrogens with zero attached hydrogens (tertiary/aromatic N) is 1. The van der Waals surface area contributed by atoms with Crippen molar-refractivity contribution in [1.82, 2.24) is 4.90 Å². The zero-order valence-corrected chi connectivity index (χ0v) is 15.3. The Bertz CT molecular complexity index is 393. The highest BCUT2D eigenvalue weighted by Crippen LogP contribution is 2.48. The maximum atomic E-state index is 13.1. The fourth-order valence-electron chi connectivity index (χ4n) is 4.99. The highest BCUT2D eigenvalue weighted by Gasteiger charge is 2.48. The smallest absolute Gasteiger partial charge is 0.226 e. The van der Waals surface area contributed by atoms with E-state index in [0.29, 0.717) is 23.8 Å². The standard InChI is InChI=1S/C19H36N2O/c1-13(2)21-11-10-17-16(18(21)22)9-7-6-8-14(3)12-19(17,5)15(4)20/h13-17H,6-12,20H2,1-5H3. The number of likely N-dealkylation sites (tertiary alicyclic amines) is 1. The van der Waals surface area contributed by atoms with Crippen LogP contribution in [0.5, 0.6) is 0 Å². The summed E-state index contributed by atoms with van der Waals surface area (Å²) in [6, 6.07) is 0.473. The van der Waals surface area contributed by atoms with E-state index in [-0.39, 0.29) is 17.4 Å². The Hall–Kier alpha value is -0.570. The van der Waals surface area contributed by atoms with Gasteiger partial charge in [-0.1, -0.05) is 33.1 Å². The molecule has 0 radical (unpaired) electrons. The maximum absolute atomic E-state index is 13.1. The molecule has 2 rings (SSSR count). The quantitative estimate of drug-likeness (QED) is 0.843. The van der Waals surface area contributed by atoms with E-state index in [1.54, 1.807) is 0 Å². The summed E-state index contributed by atoms with van der Waals surface area (Å²) in [6.07, 6.45) is 7.08. The van der Waals surface area contributed by atoms with Crippen molar-refractivity contribution in [1.29, 1.82) is 0 Å². The molecule has 3 heteroatoms. The first-order chi connectivity index (χ1) is 10.3. The third kappa shape index (κ3) is 3.34. The number of hydrogen-bond donors (Lipinski definition) is 1. The average Bonchev–Trinajstić information content (AvgIpc) is 2.49. The molecule has 2 N–H and O–H groups in total. The van der Waals surface area contributed by atoms with Crippen molar-refractivity contribution >= 4 is 5.91 Å². The van der Waals surface area contributed by atoms with Crippen LogP contribution in [-0.4, -0.2) is 29.4 Å². The summed E-state index contributed by atoms with van der Waals surface area (Å²) < 4.78 is 0. The number of rotatable bonds is 2. The number of fused-ring (bicyclic) bond motifs is 1. The molecule has 128 valence electrons. The minimum atomic E-state index is 0.0904. The van der Waals surface area contributed by atoms with E-state index in [0.717, 1.165) is 19.4 Å². The van der Waals surface area contributed by atoms with Crippen LogP contribution in [0, 0.1) is 23.2 Å². The van der Waals surface area contributed by atoms with Gasteiger partial charge in [0.25, 0.3) is 0 Å². The second-order valence-electron chi connectivity index (χ2n) is 8.52. The molecule has 1 saturated heterocycles. The van der Waals surface area contributed by atoms with Gasteiger partial charge in [-0.3, -0.25) is 4.79 Å². The van der Waals surface area contributed by atoms with E-state index in [1.165, 1.54) is 25.7 Å². The van der Waals surface area contributed by atoms with Gasteiger partial charge in [0.1, 0.15) is 0 Å². The fraction of sp³-hybridized carbons (Fsp3) is 0.947. The number of piperidine rings is 1. The summed E-state index contributed by atoms with van der Waals surface area (Å²) in [5, 5.41) is 0. The first kappa shape index (κ1) is 17.8. The molecular formula is C19H36N2O. The largest absolute Gasteiger partial charge is 0.340 e. The van der Waals surface area contributed by atoms with Crippen LogP contribution < -0.4 is 5.73 Å². The van der Waals surface area contributed by atoms with Crippen molar-refractivity contribution in [2.75, 3.05) is 6.54 Å². The van der Waals surface area contributed by atoms with Crippen LogP contribution >= 0.6 is 0 Å². The molecule has 1 heterocycles. The molecule has 1 amide bonds. The van der Waals surface area contributed by atoms with Crippen molar-refractivity contribution in [3.8, 4) is 0 Å². The Kier molecular flexibility index (Phi) is 5.58. The second kappa shape index (κ2) is 6.90. The lowest BCUT2D eigenvalue weighted by Gasteiger charge is -2.50. The molecule has 0 aromatic heterocycles. The van der Waals surface area contributed by atoms with Crippen LogP contribution in [0.25, 0.3) is 0 Å². The lowest BCUT2D eigenvalue weighted by atomic mass is 9.60. The zero-order valence-electron chi connectivity index (χ0n) is 15.3. The van der Waals surface area contributed by atoms with Crippen LogP contribution in [0.2, 0.25) is 0 Å². The first-order valence-electron chi connectivity index (χ1n) is 9.33. The molecule has 1 aliphatic heterocycles. The topological polar surface area (TPSA) is 46.3 Å². The third-order valence-electron chi connectivity index (χ3n) is 6.53. The number of carbonyl (C=O) groups excluding carboxylic acids is 1. The van der Waals surface area contributed by atoms with Crippen molar-refractivity contribution in [2.45, 2.75) is 85.2 Å². The van der Waals surface area contributed by atoms with E-state index in [9.17, 15) is 4.79 Å². The molecule has 2 fully saturated rings. The van der Waals surface area contributed by atoms with Crippen molar-refractivity contribution in [2.24, 2.45) is 28.9 Å². The Balaban J connectivity index is 2.33. The van der Waals surface area contributed by atoms with Gasteiger partial charge in [-0.2, -0.15) is 0 Å². The molecular weight excluding hydrogens is 272 g/mol. The Morgan fingerprint density at radius 3 is 2.41 bits per heavy atom. The number of carbonyl (C=O) groups is 1. The fourth-order valence-corrected chi connectivity index (χ4v) is 4.99. The molecule has 0 aromatic rings. The lowest BCUT2D eigenvalue weighted by Crippen LogP contribution is -2.55. The van der Waals surface area contributed by atoms with Gasteiger partial charge < -0.3 is 10.6 Å². The number of nitrogens with two attached hydrogens (primary N) is 1. The predicted octanol–water partition coefficient (Wildman–Crippen LogP) is 3.81. The predicted molar refractivity (Wildman–Crippen MR) is 92.5 cm³/mol. The van der Waals surface area contributed by atoms with Crippen LogP contribution in [0.1, 0.15) is 73.1 Å². The molecule has 0 bridgehead atoms. The summed E-state index contributed by atoms with van der Waals surface area (Å²) in [6.45, 7) is 12.1. The monoisotopic (exact) mass is 308 g/mol. The van der Waals surface area contributed by atoms with Crippen LogP contribution in [0.3, 0.4) is 0 Å². The van der Waals surface area contributed by atoms with Crippen LogP contribution in [0.4, 0.5) is 0 Å². The van der Waals surface area contributed by atoms with Crippen molar-refractivity contribution < 1.29 is 4.79 Å². The van der Waals surface area contributed by atoms with E-state index >= 15 is 0 Å². The number of amides is 1. The molecule has 3 nitrogen and oxygen atoms in total. The van der Waals surface area contributed by atoms with Gasteiger partial charge in [-0.15, -0.1) is 0 Å². The molecule has 1 saturated carbocycles. The molecule has 2 aliphatic rings. The zero-order chi connectivity index (χ0) is 16.5. The van der Waals surface area contributed by atoms with Crippen LogP contribution in [-0.2, 0) is 4.79 Å². The summed E-state index contributed by atoms with van der Waals surface area (Å²) in [5.41, 5.74) is 6.55. The van der Waals surface area contributed by atoms with E-state index in [4.69, 9.17) is 5.73 Å². The van der Waals surface area contributed by atoms with Gasteiger partial charge in [0, 0.05) is 24.5 Å². The van der Waals surface area contributed by atoms with Gasteiger partial charge >= 0.3 is 0 Å². The molecule has 5 unspecified atom stereocenters. The summed E-state index contributed by atoms with van der Waals surface area (Å²) in [4.78, 5) is 15.2. The molecule has 5 atom stereocenters. The lowest BCUT2D eigenvalue weighted by molar-refractivity contribution is -0.148. The normalized spacial score (nSPS) is 39.0. The Morgan fingerprint density at radius 2 is 1.82 bits per heavy atom. The van der Waals surface area contributed by atoms with Gasteiger partial charge in [0.15, 0.2) is 0 Å². The first-order valence-corrected chi connectivity index (χ1v) is 9.33. The average molecular weight is 309 g/mol. The highest BCUT2D eigenvalue weighted by molar-refractivity contribution is 5.80. The summed E-state index contributed by atoms with van der Waals surface area (Å²) in [7, 11) is 0. The molecule has 22 heavy (non-hydrogen) atoms. The van der Waals surface area contributed by atoms with Crippen LogP contribution in [0.15, 0.2) is 0 Å². The highest BCUT2D eigenvalue weighted by atomic mass is 16.2. The van der Waals surface area contributed by atoms with Gasteiger partial charge in [0.2, 0.25) is 5.91 Å². The van der Waals surface area contributed by atoms with Crippen molar-refractivity contribution in [3.05, 3.63) is 0 Å². The molecule has 0 aromatic carbocycles. The number of hydrogen-bond acceptors (Lipinski definition) is 2. The molecule has 0 spiro atoms.